The van der Waals surface area contributed by atoms with Crippen molar-refractivity contribution < 1.29 is 39.4 Å². The Morgan fingerprint density at radius 1 is 0.486 bits per heavy atom. The van der Waals surface area contributed by atoms with E-state index in [1.807, 2.05) is 0 Å². The van der Waals surface area contributed by atoms with E-state index in [1.165, 1.54) is 0 Å². The molecule has 4 atom stereocenters. The van der Waals surface area contributed by atoms with Crippen LogP contribution in [0, 0.1) is 5.41 Å². The van der Waals surface area contributed by atoms with Gasteiger partial charge in [-0.25, -0.2) is 0 Å². The molecule has 0 aromatic rings. The van der Waals surface area contributed by atoms with Gasteiger partial charge in [-0.15, -0.1) is 0 Å². The highest BCUT2D eigenvalue weighted by Gasteiger charge is 2.33. The summed E-state index contributed by atoms with van der Waals surface area (Å²) in [5.41, 5.74) is 32.4. The Labute approximate surface area is 211 Å². The maximum absolute atomic E-state index is 9.87. The Balaban J connectivity index is 5.43. The molecule has 0 aromatic heterocycles. The van der Waals surface area contributed by atoms with E-state index in [-0.39, 0.29) is 79.0 Å². The monoisotopic (exact) mass is 532 g/mol. The van der Waals surface area contributed by atoms with E-state index in [0.717, 1.165) is 0 Å². The molecule has 0 amide bonds. The fourth-order valence-electron chi connectivity index (χ4n) is 2.63. The van der Waals surface area contributed by atoms with Gasteiger partial charge < -0.3 is 39.4 Å². The van der Waals surface area contributed by atoms with Crippen LogP contribution in [0.15, 0.2) is 20.5 Å². The van der Waals surface area contributed by atoms with Gasteiger partial charge in [-0.2, -0.15) is 0 Å². The van der Waals surface area contributed by atoms with Crippen LogP contribution in [-0.2, 0) is 18.9 Å². The molecular formula is C17H32N12O8. The third-order valence-corrected chi connectivity index (χ3v) is 4.30. The number of ether oxygens (including phenoxy) is 4. The molecule has 20 heteroatoms. The first-order valence-corrected chi connectivity index (χ1v) is 10.9. The van der Waals surface area contributed by atoms with Gasteiger partial charge in [0, 0.05) is 19.6 Å². The van der Waals surface area contributed by atoms with Crippen molar-refractivity contribution in [3.8, 4) is 0 Å². The quantitative estimate of drug-likeness (QED) is 0.0777. The first kappa shape index (κ1) is 33.9. The molecule has 0 rings (SSSR count). The van der Waals surface area contributed by atoms with Crippen LogP contribution in [0.25, 0.3) is 41.8 Å². The van der Waals surface area contributed by atoms with Gasteiger partial charge in [0.1, 0.15) is 0 Å². The van der Waals surface area contributed by atoms with Crippen molar-refractivity contribution in [1.82, 2.24) is 0 Å². The normalized spacial score (nSPS) is 15.5. The zero-order valence-corrected chi connectivity index (χ0v) is 20.1. The van der Waals surface area contributed by atoms with Gasteiger partial charge >= 0.3 is 0 Å². The summed E-state index contributed by atoms with van der Waals surface area (Å²) >= 11 is 0. The molecule has 0 saturated carbocycles. The van der Waals surface area contributed by atoms with Crippen LogP contribution in [0.1, 0.15) is 0 Å². The SMILES string of the molecule is [N-]=[N+]=NCC(O)COCC(COCC(O)CN=[N+]=[N-])(COCC(O)CN=[N+]=[N-])COCC(O)CN=[N+]=[N-]. The fraction of sp³-hybridized carbons (Fsp3) is 1.00. The Bertz CT molecular complexity index is 679. The number of aliphatic hydroxyl groups is 4. The van der Waals surface area contributed by atoms with Crippen LogP contribution in [0.2, 0.25) is 0 Å². The molecule has 0 bridgehead atoms. The molecule has 0 aromatic carbocycles. The molecule has 4 unspecified atom stereocenters. The summed E-state index contributed by atoms with van der Waals surface area (Å²) in [6.45, 7) is -2.39. The van der Waals surface area contributed by atoms with E-state index in [1.54, 1.807) is 0 Å². The number of aliphatic hydroxyl groups excluding tert-OH is 4. The highest BCUT2D eigenvalue weighted by Crippen LogP contribution is 2.22. The Kier molecular flexibility index (Phi) is 20.3. The van der Waals surface area contributed by atoms with Crippen molar-refractivity contribution in [3.63, 3.8) is 0 Å². The second-order valence-corrected chi connectivity index (χ2v) is 7.83. The second kappa shape index (κ2) is 22.1. The summed E-state index contributed by atoms with van der Waals surface area (Å²) in [7, 11) is 0. The molecule has 4 N–H and O–H groups in total. The summed E-state index contributed by atoms with van der Waals surface area (Å²) in [5, 5.41) is 52.5. The Morgan fingerprint density at radius 2 is 0.703 bits per heavy atom. The minimum Gasteiger partial charge on any atom is -0.391 e. The topological polar surface area (TPSA) is 313 Å². The van der Waals surface area contributed by atoms with Crippen LogP contribution < -0.4 is 0 Å². The predicted molar refractivity (Wildman–Crippen MR) is 126 cm³/mol. The largest absolute Gasteiger partial charge is 0.391 e. The van der Waals surface area contributed by atoms with Gasteiger partial charge in [-0.1, -0.05) is 20.5 Å². The van der Waals surface area contributed by atoms with Gasteiger partial charge in [-0.3, -0.25) is 0 Å². The molecule has 0 aliphatic rings. The molecule has 0 aliphatic heterocycles. The maximum Gasteiger partial charge on any atom is 0.0829 e. The van der Waals surface area contributed by atoms with E-state index in [0.29, 0.717) is 0 Å². The van der Waals surface area contributed by atoms with E-state index in [2.05, 4.69) is 40.1 Å². The van der Waals surface area contributed by atoms with Gasteiger partial charge in [0.25, 0.3) is 0 Å². The summed E-state index contributed by atoms with van der Waals surface area (Å²) in [6.07, 6.45) is -4.39. The average molecular weight is 533 g/mol. The summed E-state index contributed by atoms with van der Waals surface area (Å²) < 4.78 is 22.3. The minimum atomic E-state index is -1.12. The predicted octanol–water partition coefficient (Wildman–Crippen LogP) is 0.724. The molecular weight excluding hydrogens is 500 g/mol. The minimum absolute atomic E-state index is 0.147. The van der Waals surface area contributed by atoms with Gasteiger partial charge in [0.15, 0.2) is 0 Å². The highest BCUT2D eigenvalue weighted by molar-refractivity contribution is 4.81. The van der Waals surface area contributed by atoms with Crippen molar-refractivity contribution in [2.75, 3.05) is 79.0 Å². The number of hydrogen-bond acceptors (Lipinski definition) is 12. The molecule has 208 valence electrons. The average Bonchev–Trinajstić information content (AvgIpc) is 2.88. The van der Waals surface area contributed by atoms with Crippen molar-refractivity contribution in [2.24, 2.45) is 25.9 Å². The lowest BCUT2D eigenvalue weighted by Crippen LogP contribution is -2.44. The zero-order valence-electron chi connectivity index (χ0n) is 20.1. The molecule has 20 nitrogen and oxygen atoms in total. The third kappa shape index (κ3) is 18.8. The third-order valence-electron chi connectivity index (χ3n) is 4.30. The number of rotatable bonds is 24. The van der Waals surface area contributed by atoms with E-state index in [4.69, 9.17) is 41.1 Å². The van der Waals surface area contributed by atoms with Crippen LogP contribution in [0.3, 0.4) is 0 Å². The lowest BCUT2D eigenvalue weighted by atomic mass is 9.92. The first-order valence-electron chi connectivity index (χ1n) is 10.9. The molecule has 0 saturated heterocycles. The van der Waals surface area contributed by atoms with Crippen LogP contribution in [0.5, 0.6) is 0 Å². The number of azide groups is 4. The summed E-state index contributed by atoms with van der Waals surface area (Å²) in [6, 6.07) is 0. The molecule has 0 heterocycles. The molecule has 0 aliphatic carbocycles. The molecule has 0 radical (unpaired) electrons. The van der Waals surface area contributed by atoms with Crippen molar-refractivity contribution in [2.45, 2.75) is 24.4 Å². The lowest BCUT2D eigenvalue weighted by Gasteiger charge is -2.34. The molecule has 0 fully saturated rings. The van der Waals surface area contributed by atoms with Gasteiger partial charge in [0.2, 0.25) is 0 Å². The summed E-state index contributed by atoms with van der Waals surface area (Å²) in [5.74, 6) is 0. The van der Waals surface area contributed by atoms with Crippen molar-refractivity contribution >= 4 is 0 Å². The van der Waals surface area contributed by atoms with Gasteiger partial charge in [-0.05, 0) is 22.1 Å². The highest BCUT2D eigenvalue weighted by atomic mass is 16.5. The fourth-order valence-corrected chi connectivity index (χ4v) is 2.63. The molecule has 0 spiro atoms. The standard InChI is InChI=1S/C17H32N12O8/c18-26-22-1-13(30)5-34-9-17(10-35-6-14(31)2-23-27-19,11-36-7-15(32)3-24-28-20)12-37-8-16(33)4-25-29-21/h13-16,30-33H,1-12H2. The van der Waals surface area contributed by atoms with Crippen LogP contribution in [-0.4, -0.2) is 124 Å². The van der Waals surface area contributed by atoms with Crippen LogP contribution >= 0.6 is 0 Å². The summed E-state index contributed by atoms with van der Waals surface area (Å²) in [4.78, 5) is 10.2. The first-order chi connectivity index (χ1) is 17.8. The van der Waals surface area contributed by atoms with Gasteiger partial charge in [0.05, 0.1) is 109 Å². The number of hydrogen-bond donors (Lipinski definition) is 4. The second-order valence-electron chi connectivity index (χ2n) is 7.83. The van der Waals surface area contributed by atoms with Crippen molar-refractivity contribution in [3.05, 3.63) is 41.8 Å². The Hall–Kier alpha value is -3.08. The van der Waals surface area contributed by atoms with E-state index < -0.39 is 29.8 Å². The Morgan fingerprint density at radius 3 is 0.892 bits per heavy atom. The lowest BCUT2D eigenvalue weighted by molar-refractivity contribution is -0.130. The smallest absolute Gasteiger partial charge is 0.0829 e. The van der Waals surface area contributed by atoms with E-state index in [9.17, 15) is 20.4 Å². The maximum atomic E-state index is 9.87. The molecule has 37 heavy (non-hydrogen) atoms. The zero-order chi connectivity index (χ0) is 27.8. The van der Waals surface area contributed by atoms with Crippen molar-refractivity contribution in [1.29, 1.82) is 0 Å². The van der Waals surface area contributed by atoms with E-state index >= 15 is 0 Å². The number of nitrogens with zero attached hydrogens (tertiary/aromatic N) is 12. The van der Waals surface area contributed by atoms with Crippen LogP contribution in [0.4, 0.5) is 0 Å².